The number of aromatic nitrogens is 8. The topological polar surface area (TPSA) is 140 Å². The van der Waals surface area contributed by atoms with Crippen molar-refractivity contribution in [1.82, 2.24) is 40.8 Å². The Labute approximate surface area is 571 Å². The van der Waals surface area contributed by atoms with Crippen molar-refractivity contribution in [3.63, 3.8) is 0 Å². The van der Waals surface area contributed by atoms with Crippen LogP contribution in [0.1, 0.15) is 151 Å². The first kappa shape index (κ1) is 69.5. The van der Waals surface area contributed by atoms with Gasteiger partial charge in [-0.3, -0.25) is 0 Å². The number of ether oxygens (including phenoxy) is 4. The molecule has 0 amide bonds. The highest BCUT2D eigenvalue weighted by Crippen LogP contribution is 2.57. The Balaban J connectivity index is 1.25. The van der Waals surface area contributed by atoms with Gasteiger partial charge in [0.2, 0.25) is 0 Å². The van der Waals surface area contributed by atoms with Gasteiger partial charge < -0.3 is 18.9 Å². The molecule has 0 N–H and O–H groups in total. The molecule has 4 aromatic heterocycles. The zero-order valence-electron chi connectivity index (χ0n) is 53.2. The summed E-state index contributed by atoms with van der Waals surface area (Å²) in [7, 11) is 0. The second-order valence-electron chi connectivity index (χ2n) is 25.2. The molecule has 0 unspecified atom stereocenters. The number of aryl methyl sites for hydroxylation is 4. The van der Waals surface area contributed by atoms with Crippen molar-refractivity contribution < 1.29 is 18.9 Å². The van der Waals surface area contributed by atoms with Crippen molar-refractivity contribution in [3.8, 4) is 23.0 Å². The van der Waals surface area contributed by atoms with Gasteiger partial charge in [0.15, 0.2) is 17.4 Å². The third kappa shape index (κ3) is 19.6. The summed E-state index contributed by atoms with van der Waals surface area (Å²) in [4.78, 5) is 8.22. The molecular weight excluding hydrogens is 1330 g/mol. The van der Waals surface area contributed by atoms with Crippen molar-refractivity contribution in [1.29, 1.82) is 0 Å². The minimum absolute atomic E-state index is 0.215. The Kier molecular flexibility index (Phi) is 24.4. The predicted molar refractivity (Wildman–Crippen MR) is 379 cm³/mol. The summed E-state index contributed by atoms with van der Waals surface area (Å²) in [6.45, 7) is 37.7. The fourth-order valence-electron chi connectivity index (χ4n) is 8.61. The smallest absolute Gasteiger partial charge is 0.174 e. The van der Waals surface area contributed by atoms with E-state index in [9.17, 15) is 0 Å². The van der Waals surface area contributed by atoms with E-state index in [-0.39, 0.29) is 21.7 Å². The molecule has 0 saturated heterocycles. The third-order valence-electron chi connectivity index (χ3n) is 13.5. The highest BCUT2D eigenvalue weighted by molar-refractivity contribution is 8.02. The van der Waals surface area contributed by atoms with Crippen molar-refractivity contribution in [2.45, 2.75) is 215 Å². The quantitative estimate of drug-likeness (QED) is 0.0418. The van der Waals surface area contributed by atoms with Gasteiger partial charge in [-0.2, -0.15) is 0 Å². The first-order chi connectivity index (χ1) is 41.7. The standard InChI is InChI=1S/C64H80N8O4S12/c1-37-65-69-57(81-37)77-25-17-21-73-53-45-29-41(61(5,6)7)30-46(53)86-48-32-43(63(11,12)13)34-50(55(48)75-23-19-27-79-59-71-67-39(3)83-59)88-52-36-44(64(14,15)16)35-51(56(52)76-24-20-28-80-60-72-68-40(4)84-60)87-49-33-42(62(8,9)10)31-47(85-45)54(49)74-22-18-26-78-58-70-66-38(2)82-58/h29-36H,17-28H2,1-16H3. The van der Waals surface area contributed by atoms with Gasteiger partial charge in [0.25, 0.3) is 0 Å². The first-order valence-corrected chi connectivity index (χ1v) is 39.9. The lowest BCUT2D eigenvalue weighted by Gasteiger charge is -2.28. The lowest BCUT2D eigenvalue weighted by atomic mass is 9.87. The van der Waals surface area contributed by atoms with Crippen LogP contribution in [0.5, 0.6) is 23.0 Å². The van der Waals surface area contributed by atoms with E-state index < -0.39 is 0 Å². The van der Waals surface area contributed by atoms with Gasteiger partial charge in [0.05, 0.1) is 65.6 Å². The van der Waals surface area contributed by atoms with Gasteiger partial charge in [-0.15, -0.1) is 40.8 Å². The molecule has 24 heteroatoms. The fourth-order valence-corrected chi connectivity index (χ4v) is 20.6. The Morgan fingerprint density at radius 2 is 0.477 bits per heavy atom. The maximum Gasteiger partial charge on any atom is 0.174 e. The van der Waals surface area contributed by atoms with Gasteiger partial charge in [-0.1, -0.05) is 223 Å². The molecule has 5 heterocycles. The summed E-state index contributed by atoms with van der Waals surface area (Å²) in [6, 6.07) is 18.9. The number of rotatable bonds is 24. The van der Waals surface area contributed by atoms with Crippen LogP contribution in [-0.2, 0) is 21.7 Å². The Bertz CT molecular complexity index is 3080. The van der Waals surface area contributed by atoms with E-state index in [0.717, 1.165) is 148 Å². The maximum absolute atomic E-state index is 7.30. The van der Waals surface area contributed by atoms with Crippen LogP contribution in [0.3, 0.4) is 0 Å². The van der Waals surface area contributed by atoms with Crippen LogP contribution in [0.15, 0.2) is 105 Å². The minimum Gasteiger partial charge on any atom is -0.491 e. The molecule has 8 bridgehead atoms. The molecule has 1 aliphatic rings. The number of hydrogen-bond acceptors (Lipinski definition) is 24. The predicted octanol–water partition coefficient (Wildman–Crippen LogP) is 20.7. The lowest BCUT2D eigenvalue weighted by Crippen LogP contribution is -2.14. The van der Waals surface area contributed by atoms with Gasteiger partial charge in [0.1, 0.15) is 43.0 Å². The monoisotopic (exact) mass is 1410 g/mol. The van der Waals surface area contributed by atoms with Crippen molar-refractivity contribution in [3.05, 3.63) is 90.8 Å². The van der Waals surface area contributed by atoms with E-state index in [2.05, 4.69) is 172 Å². The van der Waals surface area contributed by atoms with Crippen molar-refractivity contribution in [2.24, 2.45) is 0 Å². The zero-order valence-corrected chi connectivity index (χ0v) is 63.0. The summed E-state index contributed by atoms with van der Waals surface area (Å²) in [5.74, 6) is 6.76. The highest BCUT2D eigenvalue weighted by Gasteiger charge is 2.31. The molecule has 1 aliphatic heterocycles. The maximum atomic E-state index is 7.30. The zero-order chi connectivity index (χ0) is 63.0. The molecule has 0 fully saturated rings. The summed E-state index contributed by atoms with van der Waals surface area (Å²) >= 11 is 20.5. The normalized spacial score (nSPS) is 13.1. The van der Waals surface area contributed by atoms with Crippen LogP contribution >= 0.6 is 139 Å². The molecule has 0 aliphatic carbocycles. The molecule has 4 aromatic carbocycles. The summed E-state index contributed by atoms with van der Waals surface area (Å²) in [5, 5.41) is 38.7. The first-order valence-electron chi connectivity index (χ1n) is 29.4. The van der Waals surface area contributed by atoms with Crippen molar-refractivity contribution >= 4 is 139 Å². The van der Waals surface area contributed by atoms with Crippen LogP contribution in [0.2, 0.25) is 0 Å². The Morgan fingerprint density at radius 1 is 0.295 bits per heavy atom. The second-order valence-corrected chi connectivity index (χ2v) is 39.6. The molecular formula is C64H80N8O4S12. The van der Waals surface area contributed by atoms with E-state index in [0.29, 0.717) is 26.4 Å². The van der Waals surface area contributed by atoms with E-state index in [4.69, 9.17) is 18.9 Å². The fraction of sp³-hybridized carbons (Fsp3) is 0.500. The van der Waals surface area contributed by atoms with E-state index >= 15 is 0 Å². The van der Waals surface area contributed by atoms with Crippen LogP contribution in [0.4, 0.5) is 0 Å². The molecule has 0 spiro atoms. The van der Waals surface area contributed by atoms with Crippen LogP contribution < -0.4 is 18.9 Å². The second kappa shape index (κ2) is 30.9. The molecule has 12 nitrogen and oxygen atoms in total. The number of fused-ring (bicyclic) bond motifs is 8. The summed E-state index contributed by atoms with van der Waals surface area (Å²) in [6.07, 6.45) is 3.24. The van der Waals surface area contributed by atoms with Gasteiger partial charge in [0, 0.05) is 23.0 Å². The largest absolute Gasteiger partial charge is 0.491 e. The number of thioether (sulfide) groups is 4. The number of hydrogen-bond donors (Lipinski definition) is 0. The van der Waals surface area contributed by atoms with E-state index in [1.807, 2.05) is 27.7 Å². The van der Waals surface area contributed by atoms with Gasteiger partial charge in [-0.25, -0.2) is 0 Å². The van der Waals surface area contributed by atoms with Crippen LogP contribution in [0, 0.1) is 27.7 Å². The van der Waals surface area contributed by atoms with E-state index in [1.54, 1.807) is 139 Å². The Hall–Kier alpha value is -2.88. The molecule has 472 valence electrons. The lowest BCUT2D eigenvalue weighted by molar-refractivity contribution is 0.300. The average Bonchev–Trinajstić information content (AvgIpc) is 1.37. The molecule has 0 saturated carbocycles. The Morgan fingerprint density at radius 3 is 0.625 bits per heavy atom. The van der Waals surface area contributed by atoms with Crippen LogP contribution in [0.25, 0.3) is 0 Å². The number of benzene rings is 4. The van der Waals surface area contributed by atoms with E-state index in [1.165, 1.54) is 22.3 Å². The molecule has 8 aromatic rings. The highest BCUT2D eigenvalue weighted by atomic mass is 32.2. The molecule has 0 radical (unpaired) electrons. The minimum atomic E-state index is -0.215. The average molecular weight is 1410 g/mol. The summed E-state index contributed by atoms with van der Waals surface area (Å²) < 4.78 is 33.1. The van der Waals surface area contributed by atoms with Crippen LogP contribution in [-0.4, -0.2) is 90.2 Å². The SMILES string of the molecule is Cc1nnc(SCCCOc2c3cc(C(C)(C)C)cc2Sc2cc(C(C)(C)C)cc(c2OCCCSc2nnc(C)s2)Sc2cc(C(C)(C)C)cc(c2OCCCSc2nnc(C)s2)Sc2cc(C(C)(C)C)cc(c2OCCCSc2nnc(C)s2)S3)s1. The molecule has 88 heavy (non-hydrogen) atoms. The molecule has 9 rings (SSSR count). The third-order valence-corrected chi connectivity index (χ3v) is 25.9. The summed E-state index contributed by atoms with van der Waals surface area (Å²) in [5.41, 5.74) is 3.97. The van der Waals surface area contributed by atoms with Crippen molar-refractivity contribution in [2.75, 3.05) is 49.4 Å². The van der Waals surface area contributed by atoms with Gasteiger partial charge >= 0.3 is 0 Å². The van der Waals surface area contributed by atoms with Gasteiger partial charge in [-0.05, 0) is 146 Å². The molecule has 0 atom stereocenters. The number of nitrogens with zero attached hydrogens (tertiary/aromatic N) is 8.